The molecule has 116 valence electrons. The number of nitro groups is 1. The van der Waals surface area contributed by atoms with Gasteiger partial charge in [-0.3, -0.25) is 14.9 Å². The van der Waals surface area contributed by atoms with Gasteiger partial charge in [0.25, 0.3) is 11.6 Å². The zero-order chi connectivity index (χ0) is 16.2. The summed E-state index contributed by atoms with van der Waals surface area (Å²) in [6.07, 6.45) is -0.330. The van der Waals surface area contributed by atoms with Gasteiger partial charge in [-0.1, -0.05) is 35.5 Å². The van der Waals surface area contributed by atoms with Gasteiger partial charge < -0.3 is 10.2 Å². The molecule has 1 aliphatic heterocycles. The molecule has 0 spiro atoms. The number of nitro benzene ring substituents is 1. The van der Waals surface area contributed by atoms with Crippen LogP contribution in [0.1, 0.15) is 12.0 Å². The lowest BCUT2D eigenvalue weighted by Gasteiger charge is -2.09. The fourth-order valence-corrected chi connectivity index (χ4v) is 2.21. The van der Waals surface area contributed by atoms with E-state index in [9.17, 15) is 14.9 Å². The number of anilines is 1. The topological polar surface area (TPSA) is 93.8 Å². The largest absolute Gasteiger partial charge is 0.382 e. The zero-order valence-electron chi connectivity index (χ0n) is 12.0. The van der Waals surface area contributed by atoms with Crippen LogP contribution in [0, 0.1) is 10.1 Å². The Kier molecular flexibility index (Phi) is 4.01. The number of carbonyl (C=O) groups excluding carboxylic acids is 1. The van der Waals surface area contributed by atoms with E-state index >= 15 is 0 Å². The van der Waals surface area contributed by atoms with Crippen LogP contribution < -0.4 is 5.32 Å². The number of nitrogens with zero attached hydrogens (tertiary/aromatic N) is 2. The number of hydrogen-bond acceptors (Lipinski definition) is 5. The quantitative estimate of drug-likeness (QED) is 0.694. The monoisotopic (exact) mass is 311 g/mol. The second-order valence-electron chi connectivity index (χ2n) is 5.00. The minimum absolute atomic E-state index is 0.0326. The van der Waals surface area contributed by atoms with Gasteiger partial charge in [0.2, 0.25) is 6.10 Å². The van der Waals surface area contributed by atoms with Crippen LogP contribution >= 0.6 is 0 Å². The maximum absolute atomic E-state index is 12.2. The number of nitrogens with one attached hydrogen (secondary N) is 1. The minimum atomic E-state index is -0.708. The van der Waals surface area contributed by atoms with Crippen molar-refractivity contribution in [2.75, 3.05) is 5.32 Å². The van der Waals surface area contributed by atoms with E-state index in [2.05, 4.69) is 10.5 Å². The molecule has 7 nitrogen and oxygen atoms in total. The van der Waals surface area contributed by atoms with Crippen molar-refractivity contribution in [1.82, 2.24) is 0 Å². The first kappa shape index (κ1) is 14.7. The van der Waals surface area contributed by atoms with Crippen LogP contribution in [0.4, 0.5) is 11.4 Å². The number of oxime groups is 1. The van der Waals surface area contributed by atoms with E-state index in [-0.39, 0.29) is 11.6 Å². The van der Waals surface area contributed by atoms with E-state index in [0.29, 0.717) is 12.1 Å². The summed E-state index contributed by atoms with van der Waals surface area (Å²) in [7, 11) is 0. The van der Waals surface area contributed by atoms with Crippen molar-refractivity contribution >= 4 is 23.0 Å². The summed E-state index contributed by atoms with van der Waals surface area (Å²) in [6, 6.07) is 15.1. The SMILES string of the molecule is O=C(Nc1ccc([N+](=O)[O-])cc1)C1CC(c2ccccc2)=NO1. The molecule has 0 fully saturated rings. The van der Waals surface area contributed by atoms with Crippen LogP contribution in [-0.2, 0) is 9.63 Å². The molecule has 23 heavy (non-hydrogen) atoms. The summed E-state index contributed by atoms with van der Waals surface area (Å²) in [4.78, 5) is 27.5. The van der Waals surface area contributed by atoms with Gasteiger partial charge in [0.1, 0.15) is 0 Å². The molecule has 0 saturated carbocycles. The van der Waals surface area contributed by atoms with Gasteiger partial charge in [-0.15, -0.1) is 0 Å². The lowest BCUT2D eigenvalue weighted by molar-refractivity contribution is -0.384. The smallest absolute Gasteiger partial charge is 0.269 e. The molecule has 1 atom stereocenters. The summed E-state index contributed by atoms with van der Waals surface area (Å²) in [5.41, 5.74) is 2.07. The van der Waals surface area contributed by atoms with Crippen LogP contribution in [0.15, 0.2) is 59.8 Å². The minimum Gasteiger partial charge on any atom is -0.382 e. The molecule has 0 aromatic heterocycles. The summed E-state index contributed by atoms with van der Waals surface area (Å²) in [5.74, 6) is -0.339. The van der Waals surface area contributed by atoms with Crippen molar-refractivity contribution in [1.29, 1.82) is 0 Å². The molecule has 1 unspecified atom stereocenters. The number of non-ortho nitro benzene ring substituents is 1. The Morgan fingerprint density at radius 3 is 2.52 bits per heavy atom. The first-order valence-corrected chi connectivity index (χ1v) is 6.97. The van der Waals surface area contributed by atoms with E-state index in [1.165, 1.54) is 24.3 Å². The molecule has 3 rings (SSSR count). The molecule has 2 aromatic rings. The molecule has 0 radical (unpaired) electrons. The molecule has 0 bridgehead atoms. The lowest BCUT2D eigenvalue weighted by Crippen LogP contribution is -2.28. The predicted molar refractivity (Wildman–Crippen MR) is 84.2 cm³/mol. The highest BCUT2D eigenvalue weighted by atomic mass is 16.6. The Bertz CT molecular complexity index is 757. The van der Waals surface area contributed by atoms with Crippen molar-refractivity contribution in [3.05, 3.63) is 70.3 Å². The molecule has 1 aliphatic rings. The molecule has 0 aliphatic carbocycles. The van der Waals surface area contributed by atoms with Crippen LogP contribution in [-0.4, -0.2) is 22.6 Å². The van der Waals surface area contributed by atoms with Gasteiger partial charge in [0.05, 0.1) is 10.6 Å². The fourth-order valence-electron chi connectivity index (χ4n) is 2.21. The molecular formula is C16H13N3O4. The highest BCUT2D eigenvalue weighted by Crippen LogP contribution is 2.20. The van der Waals surface area contributed by atoms with E-state index in [0.717, 1.165) is 11.3 Å². The third kappa shape index (κ3) is 3.34. The summed E-state index contributed by atoms with van der Waals surface area (Å²) < 4.78 is 0. The Balaban J connectivity index is 1.61. The van der Waals surface area contributed by atoms with E-state index in [1.54, 1.807) is 0 Å². The molecule has 1 amide bonds. The average molecular weight is 311 g/mol. The molecule has 1 heterocycles. The van der Waals surface area contributed by atoms with Gasteiger partial charge in [0, 0.05) is 24.2 Å². The first-order chi connectivity index (χ1) is 11.1. The second-order valence-corrected chi connectivity index (χ2v) is 5.00. The van der Waals surface area contributed by atoms with E-state index < -0.39 is 11.0 Å². The highest BCUT2D eigenvalue weighted by Gasteiger charge is 2.28. The molecular weight excluding hydrogens is 298 g/mol. The van der Waals surface area contributed by atoms with E-state index in [1.807, 2.05) is 30.3 Å². The Hall–Kier alpha value is -3.22. The Labute approximate surface area is 131 Å². The number of hydrogen-bond donors (Lipinski definition) is 1. The van der Waals surface area contributed by atoms with Crippen LogP contribution in [0.25, 0.3) is 0 Å². The van der Waals surface area contributed by atoms with Gasteiger partial charge in [-0.2, -0.15) is 0 Å². The van der Waals surface area contributed by atoms with Crippen molar-refractivity contribution in [2.45, 2.75) is 12.5 Å². The van der Waals surface area contributed by atoms with Crippen molar-refractivity contribution in [2.24, 2.45) is 5.16 Å². The lowest BCUT2D eigenvalue weighted by atomic mass is 10.0. The number of carbonyl (C=O) groups is 1. The molecule has 0 saturated heterocycles. The van der Waals surface area contributed by atoms with Crippen molar-refractivity contribution < 1.29 is 14.6 Å². The molecule has 2 aromatic carbocycles. The van der Waals surface area contributed by atoms with Crippen molar-refractivity contribution in [3.63, 3.8) is 0 Å². The van der Waals surface area contributed by atoms with Gasteiger partial charge >= 0.3 is 0 Å². The Morgan fingerprint density at radius 2 is 1.87 bits per heavy atom. The van der Waals surface area contributed by atoms with Crippen LogP contribution in [0.5, 0.6) is 0 Å². The summed E-state index contributed by atoms with van der Waals surface area (Å²) >= 11 is 0. The van der Waals surface area contributed by atoms with E-state index in [4.69, 9.17) is 4.84 Å². The summed E-state index contributed by atoms with van der Waals surface area (Å²) in [6.45, 7) is 0. The average Bonchev–Trinajstić information content (AvgIpc) is 3.06. The van der Waals surface area contributed by atoms with Gasteiger partial charge in [0.15, 0.2) is 0 Å². The Morgan fingerprint density at radius 1 is 1.17 bits per heavy atom. The number of amides is 1. The predicted octanol–water partition coefficient (Wildman–Crippen LogP) is 2.73. The normalized spacial score (nSPS) is 16.3. The molecule has 1 N–H and O–H groups in total. The fraction of sp³-hybridized carbons (Fsp3) is 0.125. The van der Waals surface area contributed by atoms with Crippen LogP contribution in [0.3, 0.4) is 0 Å². The maximum atomic E-state index is 12.2. The summed E-state index contributed by atoms with van der Waals surface area (Å²) in [5, 5.41) is 17.2. The van der Waals surface area contributed by atoms with Gasteiger partial charge in [-0.05, 0) is 17.7 Å². The standard InChI is InChI=1S/C16H13N3O4/c20-16(17-12-6-8-13(9-7-12)19(21)22)15-10-14(18-23-15)11-4-2-1-3-5-11/h1-9,15H,10H2,(H,17,20). The first-order valence-electron chi connectivity index (χ1n) is 6.97. The maximum Gasteiger partial charge on any atom is 0.269 e. The molecule has 7 heteroatoms. The van der Waals surface area contributed by atoms with Gasteiger partial charge in [-0.25, -0.2) is 0 Å². The third-order valence-electron chi connectivity index (χ3n) is 3.41. The second kappa shape index (κ2) is 6.27. The number of benzene rings is 2. The highest BCUT2D eigenvalue weighted by molar-refractivity contribution is 6.06. The zero-order valence-corrected chi connectivity index (χ0v) is 12.0. The third-order valence-corrected chi connectivity index (χ3v) is 3.41. The van der Waals surface area contributed by atoms with Crippen LogP contribution in [0.2, 0.25) is 0 Å². The number of rotatable bonds is 4. The van der Waals surface area contributed by atoms with Crippen molar-refractivity contribution in [3.8, 4) is 0 Å².